The normalized spacial score (nSPS) is 15.4. The summed E-state index contributed by atoms with van der Waals surface area (Å²) in [5, 5.41) is 3.23. The molecule has 1 fully saturated rings. The van der Waals surface area contributed by atoms with Crippen molar-refractivity contribution in [1.29, 1.82) is 0 Å². The Bertz CT molecular complexity index is 927. The van der Waals surface area contributed by atoms with Crippen molar-refractivity contribution in [3.63, 3.8) is 0 Å². The van der Waals surface area contributed by atoms with Gasteiger partial charge in [0.05, 0.1) is 16.3 Å². The molecule has 1 amide bonds. The number of nitrogens with one attached hydrogen (secondary N) is 1. The van der Waals surface area contributed by atoms with Crippen molar-refractivity contribution in [1.82, 2.24) is 4.90 Å². The number of carbonyl (C=O) groups excluding carboxylic acids is 1. The number of hydrogen-bond donors (Lipinski definition) is 1. The first kappa shape index (κ1) is 20.6. The lowest BCUT2D eigenvalue weighted by Crippen LogP contribution is -2.46. The van der Waals surface area contributed by atoms with Crippen LogP contribution in [0.5, 0.6) is 0 Å². The lowest BCUT2D eigenvalue weighted by Gasteiger charge is -2.36. The summed E-state index contributed by atoms with van der Waals surface area (Å²) in [5.41, 5.74) is 1.39. The van der Waals surface area contributed by atoms with E-state index in [0.29, 0.717) is 10.7 Å². The predicted octanol–water partition coefficient (Wildman–Crippen LogP) is 2.89. The highest BCUT2D eigenvalue weighted by Gasteiger charge is 2.22. The molecule has 0 aliphatic carbocycles. The zero-order chi connectivity index (χ0) is 20.1. The van der Waals surface area contributed by atoms with Gasteiger partial charge in [-0.15, -0.1) is 0 Å². The number of nitrogens with zero attached hydrogens (tertiary/aromatic N) is 2. The highest BCUT2D eigenvalue weighted by molar-refractivity contribution is 7.92. The first-order valence-corrected chi connectivity index (χ1v) is 11.3. The fourth-order valence-corrected chi connectivity index (χ4v) is 4.59. The molecular weight excluding hydrogens is 398 g/mol. The van der Waals surface area contributed by atoms with Crippen LogP contribution < -0.4 is 10.2 Å². The Morgan fingerprint density at radius 3 is 2.39 bits per heavy atom. The molecule has 1 aliphatic heterocycles. The number of carbonyl (C=O) groups is 1. The van der Waals surface area contributed by atoms with Gasteiger partial charge in [0.1, 0.15) is 5.75 Å². The number of sulfone groups is 1. The van der Waals surface area contributed by atoms with Crippen LogP contribution >= 0.6 is 11.6 Å². The minimum absolute atomic E-state index is 0.132. The molecule has 2 aromatic rings. The molecule has 0 bridgehead atoms. The molecule has 1 saturated heterocycles. The minimum atomic E-state index is -3.70. The third kappa shape index (κ3) is 5.04. The van der Waals surface area contributed by atoms with E-state index < -0.39 is 21.5 Å². The lowest BCUT2D eigenvalue weighted by molar-refractivity contribution is -0.113. The summed E-state index contributed by atoms with van der Waals surface area (Å²) < 4.78 is 24.9. The zero-order valence-corrected chi connectivity index (χ0v) is 17.3. The monoisotopic (exact) mass is 421 g/mol. The van der Waals surface area contributed by atoms with E-state index in [1.165, 1.54) is 12.1 Å². The van der Waals surface area contributed by atoms with Gasteiger partial charge in [0.25, 0.3) is 0 Å². The molecule has 0 aromatic heterocycles. The van der Waals surface area contributed by atoms with Gasteiger partial charge in [0, 0.05) is 31.2 Å². The van der Waals surface area contributed by atoms with Crippen molar-refractivity contribution < 1.29 is 13.2 Å². The molecular formula is C20H24ClN3O3S. The summed E-state index contributed by atoms with van der Waals surface area (Å²) >= 11 is 6.12. The van der Waals surface area contributed by atoms with Gasteiger partial charge in [-0.05, 0) is 36.9 Å². The molecule has 1 heterocycles. The summed E-state index contributed by atoms with van der Waals surface area (Å²) in [6.07, 6.45) is 0. The van der Waals surface area contributed by atoms with E-state index >= 15 is 0 Å². The molecule has 0 unspecified atom stereocenters. The molecule has 0 spiro atoms. The topological polar surface area (TPSA) is 69.7 Å². The number of anilines is 2. The van der Waals surface area contributed by atoms with Crippen molar-refractivity contribution in [3.05, 3.63) is 53.6 Å². The SMILES string of the molecule is CCN1CCN(c2ccc(Cl)cc2NC(=O)CS(=O)(=O)c2ccccc2)CC1. The fourth-order valence-electron chi connectivity index (χ4n) is 3.26. The van der Waals surface area contributed by atoms with E-state index in [0.717, 1.165) is 38.4 Å². The summed E-state index contributed by atoms with van der Waals surface area (Å²) in [5.74, 6) is -1.20. The summed E-state index contributed by atoms with van der Waals surface area (Å²) in [6.45, 7) is 6.69. The summed E-state index contributed by atoms with van der Waals surface area (Å²) in [6, 6.07) is 13.3. The highest BCUT2D eigenvalue weighted by atomic mass is 35.5. The summed E-state index contributed by atoms with van der Waals surface area (Å²) in [7, 11) is -3.70. The van der Waals surface area contributed by atoms with E-state index in [4.69, 9.17) is 11.6 Å². The zero-order valence-electron chi connectivity index (χ0n) is 15.8. The molecule has 0 radical (unpaired) electrons. The molecule has 28 heavy (non-hydrogen) atoms. The third-order valence-electron chi connectivity index (χ3n) is 4.82. The van der Waals surface area contributed by atoms with Crippen LogP contribution in [0, 0.1) is 0 Å². The molecule has 8 heteroatoms. The van der Waals surface area contributed by atoms with Crippen molar-refractivity contribution in [2.75, 3.05) is 48.7 Å². The Morgan fingerprint density at radius 2 is 1.75 bits per heavy atom. The smallest absolute Gasteiger partial charge is 0.240 e. The van der Waals surface area contributed by atoms with Crippen LogP contribution in [0.4, 0.5) is 11.4 Å². The molecule has 0 saturated carbocycles. The Morgan fingerprint density at radius 1 is 1.07 bits per heavy atom. The maximum Gasteiger partial charge on any atom is 0.240 e. The van der Waals surface area contributed by atoms with Crippen LogP contribution in [-0.4, -0.2) is 57.7 Å². The number of amides is 1. The Labute approximate surface area is 171 Å². The molecule has 2 aromatic carbocycles. The van der Waals surface area contributed by atoms with Gasteiger partial charge < -0.3 is 15.1 Å². The van der Waals surface area contributed by atoms with Crippen molar-refractivity contribution in [3.8, 4) is 0 Å². The van der Waals surface area contributed by atoms with Crippen LogP contribution in [0.15, 0.2) is 53.4 Å². The number of rotatable bonds is 6. The Balaban J connectivity index is 1.75. The predicted molar refractivity (Wildman–Crippen MR) is 113 cm³/mol. The largest absolute Gasteiger partial charge is 0.367 e. The second kappa shape index (κ2) is 8.94. The van der Waals surface area contributed by atoms with Gasteiger partial charge in [0.2, 0.25) is 5.91 Å². The standard InChI is InChI=1S/C20H24ClN3O3S/c1-2-23-10-12-24(13-11-23)19-9-8-16(21)14-18(19)22-20(25)15-28(26,27)17-6-4-3-5-7-17/h3-9,14H,2,10-13,15H2,1H3,(H,22,25). The Hall–Kier alpha value is -2.09. The first-order chi connectivity index (χ1) is 13.4. The molecule has 1 N–H and O–H groups in total. The van der Waals surface area contributed by atoms with Crippen LogP contribution in [0.2, 0.25) is 5.02 Å². The van der Waals surface area contributed by atoms with Crippen molar-refractivity contribution in [2.45, 2.75) is 11.8 Å². The number of likely N-dealkylation sites (N-methyl/N-ethyl adjacent to an activating group) is 1. The van der Waals surface area contributed by atoms with Crippen LogP contribution in [0.1, 0.15) is 6.92 Å². The average molecular weight is 422 g/mol. The lowest BCUT2D eigenvalue weighted by atomic mass is 10.2. The van der Waals surface area contributed by atoms with Gasteiger partial charge >= 0.3 is 0 Å². The second-order valence-corrected chi connectivity index (χ2v) is 9.13. The van der Waals surface area contributed by atoms with E-state index in [9.17, 15) is 13.2 Å². The summed E-state index contributed by atoms with van der Waals surface area (Å²) in [4.78, 5) is 17.2. The molecule has 0 atom stereocenters. The van der Waals surface area contributed by atoms with Crippen LogP contribution in [0.3, 0.4) is 0 Å². The van der Waals surface area contributed by atoms with E-state index in [1.54, 1.807) is 30.3 Å². The quantitative estimate of drug-likeness (QED) is 0.776. The third-order valence-corrected chi connectivity index (χ3v) is 6.68. The molecule has 3 rings (SSSR count). The van der Waals surface area contributed by atoms with Crippen LogP contribution in [-0.2, 0) is 14.6 Å². The average Bonchev–Trinajstić information content (AvgIpc) is 2.68. The molecule has 150 valence electrons. The van der Waals surface area contributed by atoms with Crippen molar-refractivity contribution >= 4 is 38.7 Å². The number of halogens is 1. The van der Waals surface area contributed by atoms with E-state index in [1.807, 2.05) is 6.07 Å². The number of piperazine rings is 1. The molecule has 1 aliphatic rings. The van der Waals surface area contributed by atoms with Gasteiger partial charge in [-0.25, -0.2) is 8.42 Å². The van der Waals surface area contributed by atoms with Gasteiger partial charge in [-0.1, -0.05) is 36.7 Å². The van der Waals surface area contributed by atoms with Gasteiger partial charge in [-0.3, -0.25) is 4.79 Å². The highest BCUT2D eigenvalue weighted by Crippen LogP contribution is 2.30. The van der Waals surface area contributed by atoms with Crippen LogP contribution in [0.25, 0.3) is 0 Å². The number of benzene rings is 2. The maximum absolute atomic E-state index is 12.5. The second-order valence-electron chi connectivity index (χ2n) is 6.70. The molecule has 6 nitrogen and oxygen atoms in total. The van der Waals surface area contributed by atoms with E-state index in [-0.39, 0.29) is 4.90 Å². The first-order valence-electron chi connectivity index (χ1n) is 9.23. The fraction of sp³-hybridized carbons (Fsp3) is 0.350. The van der Waals surface area contributed by atoms with Gasteiger partial charge in [0.15, 0.2) is 9.84 Å². The minimum Gasteiger partial charge on any atom is -0.367 e. The number of hydrogen-bond acceptors (Lipinski definition) is 5. The van der Waals surface area contributed by atoms with Crippen molar-refractivity contribution in [2.24, 2.45) is 0 Å². The van der Waals surface area contributed by atoms with Gasteiger partial charge in [-0.2, -0.15) is 0 Å². The Kier molecular flexibility index (Phi) is 6.59. The van der Waals surface area contributed by atoms with E-state index in [2.05, 4.69) is 22.0 Å². The maximum atomic E-state index is 12.5.